The highest BCUT2D eigenvalue weighted by Gasteiger charge is 2.18. The molecule has 27 heavy (non-hydrogen) atoms. The van der Waals surface area contributed by atoms with Gasteiger partial charge in [0.25, 0.3) is 11.5 Å². The number of carbonyl (C=O) groups excluding carboxylic acids is 1. The van der Waals surface area contributed by atoms with Crippen molar-refractivity contribution >= 4 is 34.8 Å². The minimum absolute atomic E-state index is 0.00189. The minimum atomic E-state index is -0.578. The number of nitrogens with one attached hydrogen (secondary N) is 1. The Kier molecular flexibility index (Phi) is 5.21. The number of anilines is 1. The van der Waals surface area contributed by atoms with Crippen LogP contribution in [0.25, 0.3) is 5.78 Å². The zero-order chi connectivity index (χ0) is 19.6. The number of ether oxygens (including phenoxy) is 1. The van der Waals surface area contributed by atoms with Crippen LogP contribution < -0.4 is 10.1 Å². The first kappa shape index (κ1) is 18.6. The summed E-state index contributed by atoms with van der Waals surface area (Å²) in [5.41, 5.74) is 1.57. The van der Waals surface area contributed by atoms with Gasteiger partial charge in [-0.3, -0.25) is 14.9 Å². The molecule has 0 aliphatic heterocycles. The van der Waals surface area contributed by atoms with E-state index in [9.17, 15) is 14.9 Å². The molecule has 0 spiro atoms. The predicted molar refractivity (Wildman–Crippen MR) is 99.3 cm³/mol. The number of rotatable bonds is 6. The molecule has 0 unspecified atom stereocenters. The Balaban J connectivity index is 1.70. The van der Waals surface area contributed by atoms with Gasteiger partial charge in [-0.1, -0.05) is 11.8 Å². The van der Waals surface area contributed by atoms with E-state index in [1.165, 1.54) is 25.3 Å². The third-order valence-electron chi connectivity index (χ3n) is 3.61. The van der Waals surface area contributed by atoms with E-state index in [0.29, 0.717) is 16.7 Å². The maximum Gasteiger partial charge on any atom is 0.296 e. The second-order valence-corrected chi connectivity index (χ2v) is 6.56. The number of nitro benzene ring substituents is 1. The number of nitro groups is 1. The zero-order valence-electron chi connectivity index (χ0n) is 14.8. The fraction of sp³-hybridized carbons (Fsp3) is 0.250. The number of hydrogen-bond donors (Lipinski definition) is 1. The van der Waals surface area contributed by atoms with Crippen molar-refractivity contribution in [2.24, 2.45) is 0 Å². The highest BCUT2D eigenvalue weighted by molar-refractivity contribution is 7.99. The summed E-state index contributed by atoms with van der Waals surface area (Å²) in [5, 5.41) is 18.4. The largest absolute Gasteiger partial charge is 0.496 e. The molecule has 0 radical (unpaired) electrons. The highest BCUT2D eigenvalue weighted by atomic mass is 32.2. The number of thioether (sulfide) groups is 1. The first-order chi connectivity index (χ1) is 12.9. The van der Waals surface area contributed by atoms with Crippen molar-refractivity contribution in [3.8, 4) is 5.75 Å². The Morgan fingerprint density at radius 1 is 1.33 bits per heavy atom. The molecule has 3 rings (SSSR count). The summed E-state index contributed by atoms with van der Waals surface area (Å²) in [5.74, 6) is 0.383. The van der Waals surface area contributed by atoms with Gasteiger partial charge in [0.15, 0.2) is 0 Å². The molecule has 3 aromatic rings. The van der Waals surface area contributed by atoms with Crippen molar-refractivity contribution in [3.63, 3.8) is 0 Å². The normalized spacial score (nSPS) is 10.8. The van der Waals surface area contributed by atoms with Crippen molar-refractivity contribution < 1.29 is 14.5 Å². The van der Waals surface area contributed by atoms with E-state index >= 15 is 0 Å². The average Bonchev–Trinajstić information content (AvgIpc) is 3.03. The Bertz CT molecular complexity index is 1040. The van der Waals surface area contributed by atoms with E-state index in [2.05, 4.69) is 20.4 Å². The summed E-state index contributed by atoms with van der Waals surface area (Å²) < 4.78 is 6.57. The van der Waals surface area contributed by atoms with Crippen molar-refractivity contribution in [2.75, 3.05) is 18.2 Å². The van der Waals surface area contributed by atoms with Crippen molar-refractivity contribution in [3.05, 3.63) is 45.8 Å². The van der Waals surface area contributed by atoms with Crippen LogP contribution in [0.2, 0.25) is 0 Å². The molecule has 11 heteroatoms. The van der Waals surface area contributed by atoms with E-state index in [1.807, 2.05) is 19.9 Å². The quantitative estimate of drug-likeness (QED) is 0.388. The molecule has 140 valence electrons. The molecule has 0 saturated carbocycles. The van der Waals surface area contributed by atoms with Crippen LogP contribution in [0.5, 0.6) is 5.75 Å². The Hall–Kier alpha value is -3.21. The summed E-state index contributed by atoms with van der Waals surface area (Å²) in [4.78, 5) is 31.4. The molecule has 0 saturated heterocycles. The van der Waals surface area contributed by atoms with Gasteiger partial charge in [-0.15, -0.1) is 5.10 Å². The van der Waals surface area contributed by atoms with Crippen LogP contribution >= 0.6 is 11.8 Å². The predicted octanol–water partition coefficient (Wildman–Crippen LogP) is 2.39. The van der Waals surface area contributed by atoms with Gasteiger partial charge >= 0.3 is 0 Å². The molecule has 0 aliphatic rings. The molecular formula is C16H16N6O4S. The smallest absolute Gasteiger partial charge is 0.296 e. The van der Waals surface area contributed by atoms with Crippen LogP contribution in [0.3, 0.4) is 0 Å². The van der Waals surface area contributed by atoms with E-state index in [4.69, 9.17) is 4.74 Å². The summed E-state index contributed by atoms with van der Waals surface area (Å²) in [7, 11) is 1.41. The molecule has 1 N–H and O–H groups in total. The summed E-state index contributed by atoms with van der Waals surface area (Å²) >= 11 is 1.12. The van der Waals surface area contributed by atoms with Gasteiger partial charge < -0.3 is 10.1 Å². The summed E-state index contributed by atoms with van der Waals surface area (Å²) in [6.07, 6.45) is 0. The van der Waals surface area contributed by atoms with Crippen molar-refractivity contribution in [1.82, 2.24) is 19.6 Å². The number of amides is 1. The van der Waals surface area contributed by atoms with Gasteiger partial charge in [-0.05, 0) is 32.0 Å². The van der Waals surface area contributed by atoms with Crippen molar-refractivity contribution in [2.45, 2.75) is 19.0 Å². The van der Waals surface area contributed by atoms with Crippen molar-refractivity contribution in [1.29, 1.82) is 0 Å². The molecule has 2 aromatic heterocycles. The number of aryl methyl sites for hydroxylation is 2. The fourth-order valence-corrected chi connectivity index (χ4v) is 3.04. The maximum atomic E-state index is 12.2. The maximum absolute atomic E-state index is 12.2. The van der Waals surface area contributed by atoms with Gasteiger partial charge in [-0.25, -0.2) is 9.50 Å². The lowest BCUT2D eigenvalue weighted by Crippen LogP contribution is -2.15. The monoisotopic (exact) mass is 388 g/mol. The topological polar surface area (TPSA) is 125 Å². The van der Waals surface area contributed by atoms with Gasteiger partial charge in [0.2, 0.25) is 11.1 Å². The van der Waals surface area contributed by atoms with Crippen LogP contribution in [0.1, 0.15) is 11.4 Å². The third kappa shape index (κ3) is 4.14. The summed E-state index contributed by atoms with van der Waals surface area (Å²) in [6.45, 7) is 3.75. The van der Waals surface area contributed by atoms with Gasteiger partial charge in [0.1, 0.15) is 11.4 Å². The van der Waals surface area contributed by atoms with E-state index in [1.54, 1.807) is 4.52 Å². The molecule has 2 heterocycles. The lowest BCUT2D eigenvalue weighted by atomic mass is 10.2. The van der Waals surface area contributed by atoms with Crippen LogP contribution in [0.15, 0.2) is 29.4 Å². The van der Waals surface area contributed by atoms with Crippen LogP contribution in [-0.2, 0) is 4.79 Å². The molecular weight excluding hydrogens is 372 g/mol. The Morgan fingerprint density at radius 2 is 2.11 bits per heavy atom. The lowest BCUT2D eigenvalue weighted by molar-refractivity contribution is -0.384. The van der Waals surface area contributed by atoms with E-state index in [-0.39, 0.29) is 17.1 Å². The minimum Gasteiger partial charge on any atom is -0.496 e. The SMILES string of the molecule is COc1ccc(NC(=O)CSc2nc3nc(C)cc(C)n3n2)c([N+](=O)[O-])c1. The van der Waals surface area contributed by atoms with E-state index in [0.717, 1.165) is 23.1 Å². The van der Waals surface area contributed by atoms with Crippen LogP contribution in [-0.4, -0.2) is 43.3 Å². The average molecular weight is 388 g/mol. The number of methoxy groups -OCH3 is 1. The fourth-order valence-electron chi connectivity index (χ4n) is 2.42. The molecule has 0 fully saturated rings. The molecule has 10 nitrogen and oxygen atoms in total. The van der Waals surface area contributed by atoms with Crippen LogP contribution in [0.4, 0.5) is 11.4 Å². The standard InChI is InChI=1S/C16H16N6O4S/c1-9-6-10(2)21-15(17-9)19-16(20-21)27-8-14(23)18-12-5-4-11(26-3)7-13(12)22(24)25/h4-7H,8H2,1-3H3,(H,18,23). The number of benzene rings is 1. The summed E-state index contributed by atoms with van der Waals surface area (Å²) in [6, 6.07) is 6.10. The number of fused-ring (bicyclic) bond motifs is 1. The molecule has 0 aliphatic carbocycles. The number of hydrogen-bond acceptors (Lipinski definition) is 8. The molecule has 0 bridgehead atoms. The molecule has 0 atom stereocenters. The molecule has 1 aromatic carbocycles. The Labute approximate surface area is 158 Å². The highest BCUT2D eigenvalue weighted by Crippen LogP contribution is 2.29. The first-order valence-corrected chi connectivity index (χ1v) is 8.82. The van der Waals surface area contributed by atoms with Gasteiger partial charge in [-0.2, -0.15) is 4.98 Å². The Morgan fingerprint density at radius 3 is 2.81 bits per heavy atom. The number of nitrogens with zero attached hydrogens (tertiary/aromatic N) is 5. The second kappa shape index (κ2) is 7.58. The third-order valence-corrected chi connectivity index (χ3v) is 4.44. The van der Waals surface area contributed by atoms with Gasteiger partial charge in [0.05, 0.1) is 23.9 Å². The molecule has 1 amide bonds. The number of aromatic nitrogens is 4. The lowest BCUT2D eigenvalue weighted by Gasteiger charge is -2.06. The zero-order valence-corrected chi connectivity index (χ0v) is 15.6. The number of carbonyl (C=O) groups is 1. The second-order valence-electron chi connectivity index (χ2n) is 5.62. The van der Waals surface area contributed by atoms with E-state index < -0.39 is 10.8 Å². The first-order valence-electron chi connectivity index (χ1n) is 7.83. The van der Waals surface area contributed by atoms with Crippen LogP contribution in [0, 0.1) is 24.0 Å². The van der Waals surface area contributed by atoms with Gasteiger partial charge in [0, 0.05) is 11.4 Å².